The molecule has 0 aliphatic heterocycles. The Balaban J connectivity index is 1.41. The topological polar surface area (TPSA) is 115 Å². The molecule has 29 heavy (non-hydrogen) atoms. The quantitative estimate of drug-likeness (QED) is 0.550. The number of aryl methyl sites for hydroxylation is 1. The molecule has 0 amide bonds. The van der Waals surface area contributed by atoms with Gasteiger partial charge in [-0.1, -0.05) is 24.3 Å². The first kappa shape index (κ1) is 17.8. The van der Waals surface area contributed by atoms with E-state index in [1.807, 2.05) is 13.8 Å². The summed E-state index contributed by atoms with van der Waals surface area (Å²) in [6.07, 6.45) is 5.30. The van der Waals surface area contributed by atoms with E-state index in [4.69, 9.17) is 10.2 Å². The molecule has 8 nitrogen and oxygen atoms in total. The van der Waals surface area contributed by atoms with E-state index < -0.39 is 5.60 Å². The van der Waals surface area contributed by atoms with Crippen LogP contribution in [0.4, 0.5) is 5.95 Å². The van der Waals surface area contributed by atoms with Gasteiger partial charge in [0.2, 0.25) is 11.8 Å². The minimum atomic E-state index is -0.514. The van der Waals surface area contributed by atoms with E-state index in [0.29, 0.717) is 35.4 Å². The molecule has 1 saturated carbocycles. The summed E-state index contributed by atoms with van der Waals surface area (Å²) in [4.78, 5) is 13.2. The molecule has 1 fully saturated rings. The molecule has 0 bridgehead atoms. The second-order valence-electron chi connectivity index (χ2n) is 8.06. The Hall–Kier alpha value is -3.26. The van der Waals surface area contributed by atoms with Gasteiger partial charge in [0.05, 0.1) is 11.8 Å². The van der Waals surface area contributed by atoms with Crippen molar-refractivity contribution in [3.63, 3.8) is 0 Å². The van der Waals surface area contributed by atoms with E-state index in [0.717, 1.165) is 24.0 Å². The van der Waals surface area contributed by atoms with Crippen LogP contribution < -0.4 is 5.73 Å². The van der Waals surface area contributed by atoms with E-state index in [-0.39, 0.29) is 5.95 Å². The normalized spacial score (nSPS) is 21.4. The minimum Gasteiger partial charge on any atom is -0.443 e. The van der Waals surface area contributed by atoms with Crippen LogP contribution >= 0.6 is 0 Å². The van der Waals surface area contributed by atoms with Gasteiger partial charge in [-0.2, -0.15) is 4.52 Å². The molecule has 3 heterocycles. The van der Waals surface area contributed by atoms with E-state index >= 15 is 0 Å². The zero-order chi connectivity index (χ0) is 20.2. The fraction of sp³-hybridized carbons (Fsp3) is 0.333. The van der Waals surface area contributed by atoms with Crippen LogP contribution in [-0.2, 0) is 6.42 Å². The van der Waals surface area contributed by atoms with Gasteiger partial charge in [0, 0.05) is 12.0 Å². The summed E-state index contributed by atoms with van der Waals surface area (Å²) in [5, 5.41) is 14.5. The third kappa shape index (κ3) is 3.15. The van der Waals surface area contributed by atoms with Crippen molar-refractivity contribution in [3.05, 3.63) is 59.2 Å². The molecular weight excluding hydrogens is 368 g/mol. The largest absolute Gasteiger partial charge is 0.443 e. The number of benzene rings is 1. The number of fused-ring (bicyclic) bond motifs is 1. The van der Waals surface area contributed by atoms with Gasteiger partial charge in [0.1, 0.15) is 12.0 Å². The van der Waals surface area contributed by atoms with Crippen LogP contribution in [0.15, 0.2) is 41.1 Å². The van der Waals surface area contributed by atoms with Crippen molar-refractivity contribution < 1.29 is 9.52 Å². The Bertz CT molecular complexity index is 1170. The van der Waals surface area contributed by atoms with Crippen molar-refractivity contribution in [2.75, 3.05) is 5.73 Å². The number of hydrogen-bond acceptors (Lipinski definition) is 7. The van der Waals surface area contributed by atoms with E-state index in [2.05, 4.69) is 44.3 Å². The lowest BCUT2D eigenvalue weighted by molar-refractivity contribution is -0.0313. The fourth-order valence-corrected chi connectivity index (χ4v) is 4.06. The first-order valence-corrected chi connectivity index (χ1v) is 9.62. The van der Waals surface area contributed by atoms with Crippen LogP contribution in [0.25, 0.3) is 17.2 Å². The minimum absolute atomic E-state index is 0.241. The molecule has 0 unspecified atom stereocenters. The molecule has 8 heteroatoms. The summed E-state index contributed by atoms with van der Waals surface area (Å²) in [7, 11) is 0. The summed E-state index contributed by atoms with van der Waals surface area (Å²) >= 11 is 0. The SMILES string of the molecule is Cc1c(-c2ncco2)nc(N)n2nc(Cc3ccc(C4CC(C)(O)C4)cc3)nc12. The van der Waals surface area contributed by atoms with Gasteiger partial charge in [-0.05, 0) is 43.7 Å². The van der Waals surface area contributed by atoms with Crippen LogP contribution in [0.3, 0.4) is 0 Å². The molecule has 4 aromatic rings. The van der Waals surface area contributed by atoms with Crippen LogP contribution in [0.1, 0.15) is 48.2 Å². The fourth-order valence-electron chi connectivity index (χ4n) is 4.06. The lowest BCUT2D eigenvalue weighted by Gasteiger charge is -2.41. The number of hydrogen-bond donors (Lipinski definition) is 2. The maximum Gasteiger partial charge on any atom is 0.245 e. The highest BCUT2D eigenvalue weighted by Gasteiger charge is 2.38. The smallest absolute Gasteiger partial charge is 0.245 e. The molecule has 0 spiro atoms. The molecule has 0 saturated heterocycles. The van der Waals surface area contributed by atoms with Crippen molar-refractivity contribution in [3.8, 4) is 11.6 Å². The highest BCUT2D eigenvalue weighted by molar-refractivity contribution is 5.65. The summed E-state index contributed by atoms with van der Waals surface area (Å²) in [6, 6.07) is 8.46. The molecule has 1 aliphatic carbocycles. The molecule has 3 N–H and O–H groups in total. The van der Waals surface area contributed by atoms with Gasteiger partial charge in [-0.25, -0.2) is 15.0 Å². The van der Waals surface area contributed by atoms with Gasteiger partial charge in [-0.3, -0.25) is 0 Å². The van der Waals surface area contributed by atoms with Crippen molar-refractivity contribution >= 4 is 11.6 Å². The lowest BCUT2D eigenvalue weighted by Crippen LogP contribution is -2.39. The van der Waals surface area contributed by atoms with Crippen LogP contribution in [0, 0.1) is 6.92 Å². The predicted molar refractivity (Wildman–Crippen MR) is 107 cm³/mol. The first-order chi connectivity index (χ1) is 13.9. The zero-order valence-corrected chi connectivity index (χ0v) is 16.3. The molecule has 3 aromatic heterocycles. The number of oxazole rings is 1. The number of rotatable bonds is 4. The number of anilines is 1. The van der Waals surface area contributed by atoms with E-state index in [9.17, 15) is 5.11 Å². The van der Waals surface area contributed by atoms with Gasteiger partial charge in [0.25, 0.3) is 0 Å². The zero-order valence-electron chi connectivity index (χ0n) is 16.3. The second kappa shape index (κ2) is 6.38. The molecule has 0 radical (unpaired) electrons. The highest BCUT2D eigenvalue weighted by atomic mass is 16.3. The average molecular weight is 390 g/mol. The van der Waals surface area contributed by atoms with E-state index in [1.165, 1.54) is 11.8 Å². The maximum atomic E-state index is 9.94. The summed E-state index contributed by atoms with van der Waals surface area (Å²) in [6.45, 7) is 3.80. The molecular formula is C21H22N6O2. The van der Waals surface area contributed by atoms with Gasteiger partial charge in [-0.15, -0.1) is 5.10 Å². The average Bonchev–Trinajstić information content (AvgIpc) is 3.33. The molecule has 1 aliphatic rings. The van der Waals surface area contributed by atoms with Gasteiger partial charge in [0.15, 0.2) is 11.5 Å². The van der Waals surface area contributed by atoms with Crippen LogP contribution in [0.2, 0.25) is 0 Å². The monoisotopic (exact) mass is 390 g/mol. The Morgan fingerprint density at radius 2 is 2.00 bits per heavy atom. The third-order valence-electron chi connectivity index (χ3n) is 5.61. The Morgan fingerprint density at radius 1 is 1.24 bits per heavy atom. The first-order valence-electron chi connectivity index (χ1n) is 9.62. The Morgan fingerprint density at radius 3 is 2.66 bits per heavy atom. The summed E-state index contributed by atoms with van der Waals surface area (Å²) < 4.78 is 6.92. The molecule has 0 atom stereocenters. The standard InChI is InChI=1S/C21H22N6O2/c1-12-17(19-23-7-8-29-19)25-20(22)27-18(12)24-16(26-27)9-13-3-5-14(6-4-13)15-10-21(2,28)11-15/h3-8,15,28H,9-11H2,1-2H3,(H2,22,25). The molecule has 5 rings (SSSR count). The van der Waals surface area contributed by atoms with Crippen molar-refractivity contribution in [2.45, 2.75) is 44.6 Å². The lowest BCUT2D eigenvalue weighted by atomic mass is 9.69. The molecule has 1 aromatic carbocycles. The number of aromatic nitrogens is 5. The van der Waals surface area contributed by atoms with Gasteiger partial charge < -0.3 is 15.3 Å². The molecule has 148 valence electrons. The van der Waals surface area contributed by atoms with Crippen LogP contribution in [0.5, 0.6) is 0 Å². The van der Waals surface area contributed by atoms with Crippen molar-refractivity contribution in [2.24, 2.45) is 0 Å². The Kier molecular flexibility index (Phi) is 3.92. The summed E-state index contributed by atoms with van der Waals surface area (Å²) in [5.41, 5.74) is 10.00. The van der Waals surface area contributed by atoms with Crippen molar-refractivity contribution in [1.82, 2.24) is 24.6 Å². The second-order valence-corrected chi connectivity index (χ2v) is 8.06. The predicted octanol–water partition coefficient (Wildman–Crippen LogP) is 2.89. The number of nitrogens with zero attached hydrogens (tertiary/aromatic N) is 5. The van der Waals surface area contributed by atoms with Crippen LogP contribution in [-0.4, -0.2) is 35.3 Å². The number of nitrogen functional groups attached to an aromatic ring is 1. The third-order valence-corrected chi connectivity index (χ3v) is 5.61. The summed E-state index contributed by atoms with van der Waals surface area (Å²) in [5.74, 6) is 1.76. The maximum absolute atomic E-state index is 9.94. The number of aliphatic hydroxyl groups is 1. The van der Waals surface area contributed by atoms with Crippen molar-refractivity contribution in [1.29, 1.82) is 0 Å². The number of nitrogens with two attached hydrogens (primary N) is 1. The van der Waals surface area contributed by atoms with E-state index in [1.54, 1.807) is 10.7 Å². The highest BCUT2D eigenvalue weighted by Crippen LogP contribution is 2.44. The Labute approximate surface area is 167 Å². The van der Waals surface area contributed by atoms with Gasteiger partial charge >= 0.3 is 0 Å².